The van der Waals surface area contributed by atoms with Crippen molar-refractivity contribution in [1.29, 1.82) is 0 Å². The van der Waals surface area contributed by atoms with E-state index >= 15 is 0 Å². The number of nitrogens with one attached hydrogen (secondary N) is 2. The number of hydrogen-bond acceptors (Lipinski definition) is 8. The second kappa shape index (κ2) is 8.36. The number of carbonyl (C=O) groups is 2. The van der Waals surface area contributed by atoms with Gasteiger partial charge < -0.3 is 16.4 Å². The maximum atomic E-state index is 12.8. The third kappa shape index (κ3) is 4.02. The molecule has 1 aliphatic heterocycles. The molecule has 34 heavy (non-hydrogen) atoms. The molecule has 4 heterocycles. The van der Waals surface area contributed by atoms with Crippen LogP contribution in [0.1, 0.15) is 22.5 Å². The standard InChI is InChI=1S/C24H26N8O2/c1-12-4-20(24(34)26-2)27-9-17(12)19-5-13-6-21(28-10-18(13)22(25)30-19)31-23(33)16-7-15(16)14-8-29-32(3)11-14/h4-6,8-10,14-16H,7,11H2,1-3H3,(H2,25,30)(H,26,34)(H,28,31,33)/t14?,15-,16+/m1/s1. The summed E-state index contributed by atoms with van der Waals surface area (Å²) in [5.74, 6) is 1.16. The molecule has 0 aromatic carbocycles. The van der Waals surface area contributed by atoms with E-state index in [1.165, 1.54) is 0 Å². The van der Waals surface area contributed by atoms with E-state index in [9.17, 15) is 9.59 Å². The zero-order valence-corrected chi connectivity index (χ0v) is 19.2. The fraction of sp³-hybridized carbons (Fsp3) is 0.333. The maximum Gasteiger partial charge on any atom is 0.269 e. The number of aryl methyl sites for hydroxylation is 1. The average molecular weight is 459 g/mol. The van der Waals surface area contributed by atoms with Crippen molar-refractivity contribution in [2.75, 3.05) is 31.7 Å². The average Bonchev–Trinajstić information content (AvgIpc) is 3.51. The second-order valence-electron chi connectivity index (χ2n) is 8.91. The molecular weight excluding hydrogens is 432 g/mol. The molecule has 1 aliphatic carbocycles. The minimum absolute atomic E-state index is 0.0214. The number of hydrazone groups is 1. The first kappa shape index (κ1) is 21.7. The molecule has 10 nitrogen and oxygen atoms in total. The van der Waals surface area contributed by atoms with Crippen LogP contribution in [0.2, 0.25) is 0 Å². The Bertz CT molecular complexity index is 1340. The van der Waals surface area contributed by atoms with Crippen LogP contribution >= 0.6 is 0 Å². The number of anilines is 2. The highest BCUT2D eigenvalue weighted by atomic mass is 16.2. The number of aromatic nitrogens is 3. The lowest BCUT2D eigenvalue weighted by atomic mass is 10.0. The summed E-state index contributed by atoms with van der Waals surface area (Å²) in [6.45, 7) is 2.75. The minimum atomic E-state index is -0.253. The van der Waals surface area contributed by atoms with Crippen LogP contribution in [0, 0.1) is 24.7 Å². The Morgan fingerprint density at radius 1 is 1.18 bits per heavy atom. The van der Waals surface area contributed by atoms with Gasteiger partial charge in [-0.25, -0.2) is 9.97 Å². The first-order valence-corrected chi connectivity index (χ1v) is 11.2. The molecular formula is C24H26N8O2. The van der Waals surface area contributed by atoms with Crippen molar-refractivity contribution >= 4 is 40.4 Å². The van der Waals surface area contributed by atoms with Gasteiger partial charge in [0.15, 0.2) is 0 Å². The van der Waals surface area contributed by atoms with E-state index in [1.807, 2.05) is 31.3 Å². The monoisotopic (exact) mass is 458 g/mol. The summed E-state index contributed by atoms with van der Waals surface area (Å²) in [6.07, 6.45) is 6.05. The van der Waals surface area contributed by atoms with E-state index in [2.05, 4.69) is 30.7 Å². The van der Waals surface area contributed by atoms with Crippen molar-refractivity contribution in [3.63, 3.8) is 0 Å². The van der Waals surface area contributed by atoms with Gasteiger partial charge in [-0.3, -0.25) is 19.6 Å². The van der Waals surface area contributed by atoms with Crippen molar-refractivity contribution in [3.05, 3.63) is 41.9 Å². The highest BCUT2D eigenvalue weighted by Gasteiger charge is 2.48. The van der Waals surface area contributed by atoms with E-state index in [0.717, 1.165) is 29.5 Å². The van der Waals surface area contributed by atoms with Crippen molar-refractivity contribution in [3.8, 4) is 11.3 Å². The molecule has 2 amide bonds. The van der Waals surface area contributed by atoms with Gasteiger partial charge in [0, 0.05) is 62.0 Å². The molecule has 3 aromatic heterocycles. The number of amides is 2. The van der Waals surface area contributed by atoms with Crippen LogP contribution in [0.25, 0.3) is 22.0 Å². The second-order valence-corrected chi connectivity index (χ2v) is 8.91. The van der Waals surface area contributed by atoms with E-state index < -0.39 is 0 Å². The molecule has 4 N–H and O–H groups in total. The highest BCUT2D eigenvalue weighted by molar-refractivity contribution is 5.99. The predicted molar refractivity (Wildman–Crippen MR) is 130 cm³/mol. The molecule has 1 saturated carbocycles. The topological polar surface area (TPSA) is 138 Å². The van der Waals surface area contributed by atoms with Gasteiger partial charge in [-0.2, -0.15) is 5.10 Å². The van der Waals surface area contributed by atoms with Crippen LogP contribution in [0.15, 0.2) is 35.7 Å². The lowest BCUT2D eigenvalue weighted by Gasteiger charge is -2.11. The summed E-state index contributed by atoms with van der Waals surface area (Å²) < 4.78 is 0. The van der Waals surface area contributed by atoms with Gasteiger partial charge in [0.25, 0.3) is 5.91 Å². The highest BCUT2D eigenvalue weighted by Crippen LogP contribution is 2.45. The van der Waals surface area contributed by atoms with E-state index in [4.69, 9.17) is 5.73 Å². The summed E-state index contributed by atoms with van der Waals surface area (Å²) in [4.78, 5) is 37.8. The number of nitrogen functional groups attached to an aromatic ring is 1. The van der Waals surface area contributed by atoms with Crippen molar-refractivity contribution in [2.24, 2.45) is 22.9 Å². The Labute approximate surface area is 196 Å². The molecule has 0 saturated heterocycles. The van der Waals surface area contributed by atoms with Crippen LogP contribution in [0.3, 0.4) is 0 Å². The minimum Gasteiger partial charge on any atom is -0.383 e. The van der Waals surface area contributed by atoms with E-state index in [-0.39, 0.29) is 17.7 Å². The van der Waals surface area contributed by atoms with Gasteiger partial charge in [0.2, 0.25) is 5.91 Å². The number of pyridine rings is 3. The molecule has 3 atom stereocenters. The first-order chi connectivity index (χ1) is 16.3. The number of carbonyl (C=O) groups excluding carboxylic acids is 2. The fourth-order valence-corrected chi connectivity index (χ4v) is 4.51. The molecule has 5 rings (SSSR count). The summed E-state index contributed by atoms with van der Waals surface area (Å²) in [6, 6.07) is 5.41. The van der Waals surface area contributed by atoms with Crippen LogP contribution < -0.4 is 16.4 Å². The predicted octanol–water partition coefficient (Wildman–Crippen LogP) is 2.06. The number of hydrogen-bond donors (Lipinski definition) is 3. The Morgan fingerprint density at radius 2 is 2.00 bits per heavy atom. The largest absolute Gasteiger partial charge is 0.383 e. The zero-order chi connectivity index (χ0) is 24.0. The van der Waals surface area contributed by atoms with Crippen LogP contribution in [0.5, 0.6) is 0 Å². The van der Waals surface area contributed by atoms with Crippen LogP contribution in [-0.2, 0) is 4.79 Å². The van der Waals surface area contributed by atoms with E-state index in [0.29, 0.717) is 40.2 Å². The van der Waals surface area contributed by atoms with Crippen molar-refractivity contribution in [1.82, 2.24) is 25.3 Å². The Morgan fingerprint density at radius 3 is 2.71 bits per heavy atom. The van der Waals surface area contributed by atoms with Crippen molar-refractivity contribution in [2.45, 2.75) is 13.3 Å². The van der Waals surface area contributed by atoms with Crippen LogP contribution in [-0.4, -0.2) is 58.6 Å². The smallest absolute Gasteiger partial charge is 0.269 e. The molecule has 0 bridgehead atoms. The third-order valence-electron chi connectivity index (χ3n) is 6.50. The first-order valence-electron chi connectivity index (χ1n) is 11.2. The molecule has 1 unspecified atom stereocenters. The van der Waals surface area contributed by atoms with Gasteiger partial charge in [-0.1, -0.05) is 0 Å². The SMILES string of the molecule is CNC(=O)c1cc(C)c(-c2cc3cc(NC(=O)[C@H]4C[C@@H]4C4C=NN(C)C4)ncc3c(N)n2)cn1. The maximum absolute atomic E-state index is 12.8. The van der Waals surface area contributed by atoms with Crippen molar-refractivity contribution < 1.29 is 9.59 Å². The fourth-order valence-electron chi connectivity index (χ4n) is 4.51. The molecule has 0 radical (unpaired) electrons. The van der Waals surface area contributed by atoms with E-state index in [1.54, 1.807) is 31.6 Å². The summed E-state index contributed by atoms with van der Waals surface area (Å²) in [5.41, 5.74) is 8.80. The summed E-state index contributed by atoms with van der Waals surface area (Å²) in [7, 11) is 3.50. The number of nitrogens with two attached hydrogens (primary N) is 1. The van der Waals surface area contributed by atoms with Crippen LogP contribution in [0.4, 0.5) is 11.6 Å². The third-order valence-corrected chi connectivity index (χ3v) is 6.50. The van der Waals surface area contributed by atoms with Gasteiger partial charge >= 0.3 is 0 Å². The Kier molecular flexibility index (Phi) is 5.35. The van der Waals surface area contributed by atoms with Gasteiger partial charge in [-0.05, 0) is 48.4 Å². The molecule has 10 heteroatoms. The normalized spacial score (nSPS) is 21.0. The molecule has 174 valence electrons. The molecule has 1 fully saturated rings. The number of rotatable bonds is 5. The lowest BCUT2D eigenvalue weighted by Crippen LogP contribution is -2.20. The number of fused-ring (bicyclic) bond motifs is 1. The Balaban J connectivity index is 1.38. The number of nitrogens with zero attached hydrogens (tertiary/aromatic N) is 5. The molecule has 3 aromatic rings. The quantitative estimate of drug-likeness (QED) is 0.532. The Hall–Kier alpha value is -4.08. The summed E-state index contributed by atoms with van der Waals surface area (Å²) >= 11 is 0. The van der Waals surface area contributed by atoms with Gasteiger partial charge in [0.1, 0.15) is 17.3 Å². The van der Waals surface area contributed by atoms with Gasteiger partial charge in [0.05, 0.1) is 5.69 Å². The lowest BCUT2D eigenvalue weighted by molar-refractivity contribution is -0.117. The molecule has 2 aliphatic rings. The summed E-state index contributed by atoms with van der Waals surface area (Å²) in [5, 5.41) is 13.2. The van der Waals surface area contributed by atoms with Gasteiger partial charge in [-0.15, -0.1) is 0 Å². The zero-order valence-electron chi connectivity index (χ0n) is 19.2. The molecule has 0 spiro atoms.